The van der Waals surface area contributed by atoms with Gasteiger partial charge in [0.25, 0.3) is 0 Å². The van der Waals surface area contributed by atoms with Gasteiger partial charge in [-0.2, -0.15) is 0 Å². The Kier molecular flexibility index (Phi) is 5.78. The van der Waals surface area contributed by atoms with E-state index in [2.05, 4.69) is 22.4 Å². The Bertz CT molecular complexity index is 885. The van der Waals surface area contributed by atoms with E-state index in [1.165, 1.54) is 11.8 Å². The topological polar surface area (TPSA) is 64.7 Å². The van der Waals surface area contributed by atoms with Crippen LogP contribution in [-0.4, -0.2) is 31.2 Å². The Morgan fingerprint density at radius 2 is 1.92 bits per heavy atom. The molecule has 1 N–H and O–H groups in total. The summed E-state index contributed by atoms with van der Waals surface area (Å²) < 4.78 is 3.90. The molecule has 0 fully saturated rings. The fraction of sp³-hybridized carbons (Fsp3) is 0.316. The summed E-state index contributed by atoms with van der Waals surface area (Å²) >= 11 is 1.39. The van der Waals surface area contributed by atoms with Crippen LogP contribution in [0.25, 0.3) is 0 Å². The number of aromatic nitrogens is 4. The lowest BCUT2D eigenvalue weighted by atomic mass is 10.1. The second kappa shape index (κ2) is 8.23. The summed E-state index contributed by atoms with van der Waals surface area (Å²) in [6, 6.07) is 9.82. The quantitative estimate of drug-likeness (QED) is 0.645. The number of anilines is 1. The first-order valence-electron chi connectivity index (χ1n) is 8.67. The molecule has 7 heteroatoms. The van der Waals surface area contributed by atoms with E-state index < -0.39 is 0 Å². The smallest absolute Gasteiger partial charge is 0.234 e. The molecule has 2 aromatic heterocycles. The molecule has 0 aliphatic carbocycles. The highest BCUT2D eigenvalue weighted by Gasteiger charge is 2.15. The van der Waals surface area contributed by atoms with E-state index >= 15 is 0 Å². The van der Waals surface area contributed by atoms with Crippen molar-refractivity contribution in [3.63, 3.8) is 0 Å². The zero-order chi connectivity index (χ0) is 18.5. The van der Waals surface area contributed by atoms with Crippen molar-refractivity contribution in [2.75, 3.05) is 11.1 Å². The van der Waals surface area contributed by atoms with Gasteiger partial charge in [-0.15, -0.1) is 10.2 Å². The molecule has 0 aliphatic rings. The minimum Gasteiger partial charge on any atom is -0.325 e. The number of thioether (sulfide) groups is 1. The fourth-order valence-corrected chi connectivity index (χ4v) is 3.41. The Balaban J connectivity index is 1.71. The van der Waals surface area contributed by atoms with Gasteiger partial charge in [-0.1, -0.05) is 30.8 Å². The summed E-state index contributed by atoms with van der Waals surface area (Å²) in [7, 11) is 0. The number of nitrogens with one attached hydrogen (secondary N) is 1. The molecule has 0 saturated carbocycles. The van der Waals surface area contributed by atoms with Crippen LogP contribution in [0.5, 0.6) is 0 Å². The predicted molar refractivity (Wildman–Crippen MR) is 105 cm³/mol. The second-order valence-electron chi connectivity index (χ2n) is 6.11. The first-order chi connectivity index (χ1) is 12.6. The van der Waals surface area contributed by atoms with E-state index in [1.54, 1.807) is 0 Å². The molecule has 0 bridgehead atoms. The average Bonchev–Trinajstić information content (AvgIpc) is 3.27. The molecule has 0 aliphatic heterocycles. The number of benzene rings is 1. The maximum atomic E-state index is 12.4. The number of aryl methyl sites for hydroxylation is 2. The number of nitrogens with zero attached hydrogens (tertiary/aromatic N) is 4. The third-order valence-corrected chi connectivity index (χ3v) is 5.10. The van der Waals surface area contributed by atoms with Gasteiger partial charge in [-0.3, -0.25) is 9.47 Å². The van der Waals surface area contributed by atoms with E-state index in [4.69, 9.17) is 0 Å². The minimum absolute atomic E-state index is 0.0530. The third kappa shape index (κ3) is 3.99. The van der Waals surface area contributed by atoms with Crippen LogP contribution >= 0.6 is 11.8 Å². The van der Waals surface area contributed by atoms with Gasteiger partial charge in [-0.05, 0) is 49.6 Å². The van der Waals surface area contributed by atoms with Crippen molar-refractivity contribution >= 4 is 23.4 Å². The summed E-state index contributed by atoms with van der Waals surface area (Å²) in [6.07, 6.45) is 5.71. The van der Waals surface area contributed by atoms with Crippen LogP contribution in [0.2, 0.25) is 0 Å². The Labute approximate surface area is 157 Å². The van der Waals surface area contributed by atoms with Gasteiger partial charge >= 0.3 is 0 Å². The van der Waals surface area contributed by atoms with Gasteiger partial charge in [0.15, 0.2) is 5.82 Å². The van der Waals surface area contributed by atoms with Crippen molar-refractivity contribution in [2.24, 2.45) is 0 Å². The van der Waals surface area contributed by atoms with Gasteiger partial charge in [0.05, 0.1) is 5.75 Å². The Morgan fingerprint density at radius 1 is 1.15 bits per heavy atom. The maximum absolute atomic E-state index is 12.4. The van der Waals surface area contributed by atoms with Crippen molar-refractivity contribution in [1.82, 2.24) is 19.5 Å². The number of carbonyl (C=O) groups is 1. The van der Waals surface area contributed by atoms with Crippen LogP contribution in [0.15, 0.2) is 47.9 Å². The number of hydrogen-bond acceptors (Lipinski definition) is 4. The molecule has 0 spiro atoms. The molecule has 0 saturated heterocycles. The molecule has 136 valence electrons. The normalized spacial score (nSPS) is 10.9. The molecular formula is C19H23N5OS. The van der Waals surface area contributed by atoms with E-state index in [-0.39, 0.29) is 11.7 Å². The predicted octanol–water partition coefficient (Wildman–Crippen LogP) is 3.69. The molecule has 1 aromatic carbocycles. The lowest BCUT2D eigenvalue weighted by Gasteiger charge is -2.12. The van der Waals surface area contributed by atoms with Crippen molar-refractivity contribution in [3.8, 4) is 0 Å². The number of hydrogen-bond donors (Lipinski definition) is 1. The molecule has 0 unspecified atom stereocenters. The van der Waals surface area contributed by atoms with E-state index in [0.717, 1.165) is 35.5 Å². The summed E-state index contributed by atoms with van der Waals surface area (Å²) in [4.78, 5) is 12.4. The van der Waals surface area contributed by atoms with Gasteiger partial charge < -0.3 is 5.32 Å². The minimum atomic E-state index is -0.0530. The van der Waals surface area contributed by atoms with Gasteiger partial charge in [0, 0.05) is 24.5 Å². The van der Waals surface area contributed by atoms with Crippen LogP contribution in [0.4, 0.5) is 5.69 Å². The first kappa shape index (κ1) is 18.3. The SMILES string of the molecule is CCCc1nnc(SCC(=O)Nc2cccc(C)c2C)n1-n1cccc1. The van der Waals surface area contributed by atoms with Crippen LogP contribution in [-0.2, 0) is 11.2 Å². The monoisotopic (exact) mass is 369 g/mol. The van der Waals surface area contributed by atoms with Crippen molar-refractivity contribution < 1.29 is 4.79 Å². The molecule has 6 nitrogen and oxygen atoms in total. The van der Waals surface area contributed by atoms with E-state index in [1.807, 2.05) is 65.9 Å². The number of carbonyl (C=O) groups excluding carboxylic acids is 1. The second-order valence-corrected chi connectivity index (χ2v) is 7.05. The lowest BCUT2D eigenvalue weighted by molar-refractivity contribution is -0.113. The lowest BCUT2D eigenvalue weighted by Crippen LogP contribution is -2.17. The number of amides is 1. The molecule has 0 atom stereocenters. The van der Waals surface area contributed by atoms with E-state index in [9.17, 15) is 4.79 Å². The van der Waals surface area contributed by atoms with Gasteiger partial charge in [0.1, 0.15) is 0 Å². The van der Waals surface area contributed by atoms with Crippen LogP contribution in [0, 0.1) is 13.8 Å². The highest BCUT2D eigenvalue weighted by atomic mass is 32.2. The van der Waals surface area contributed by atoms with Gasteiger partial charge in [0.2, 0.25) is 11.1 Å². The van der Waals surface area contributed by atoms with Crippen molar-refractivity contribution in [2.45, 2.75) is 38.8 Å². The molecule has 3 rings (SSSR count). The zero-order valence-corrected chi connectivity index (χ0v) is 16.1. The van der Waals surface area contributed by atoms with Crippen LogP contribution in [0.3, 0.4) is 0 Å². The zero-order valence-electron chi connectivity index (χ0n) is 15.3. The van der Waals surface area contributed by atoms with Gasteiger partial charge in [-0.25, -0.2) is 4.68 Å². The molecule has 26 heavy (non-hydrogen) atoms. The molecule has 0 radical (unpaired) electrons. The maximum Gasteiger partial charge on any atom is 0.234 e. The van der Waals surface area contributed by atoms with Crippen molar-refractivity contribution in [1.29, 1.82) is 0 Å². The summed E-state index contributed by atoms with van der Waals surface area (Å²) in [5, 5.41) is 12.3. The summed E-state index contributed by atoms with van der Waals surface area (Å²) in [5.41, 5.74) is 3.10. The highest BCUT2D eigenvalue weighted by molar-refractivity contribution is 7.99. The average molecular weight is 369 g/mol. The Morgan fingerprint density at radius 3 is 2.65 bits per heavy atom. The summed E-state index contributed by atoms with van der Waals surface area (Å²) in [6.45, 7) is 6.16. The molecule has 2 heterocycles. The van der Waals surface area contributed by atoms with Crippen LogP contribution < -0.4 is 5.32 Å². The number of rotatable bonds is 7. The largest absolute Gasteiger partial charge is 0.325 e. The Hall–Kier alpha value is -2.54. The first-order valence-corrected chi connectivity index (χ1v) is 9.65. The molecular weight excluding hydrogens is 346 g/mol. The molecule has 3 aromatic rings. The fourth-order valence-electron chi connectivity index (χ4n) is 2.66. The standard InChI is InChI=1S/C19H23N5OS/c1-4-8-17-21-22-19(24(17)23-11-5-6-12-23)26-13-18(25)20-16-10-7-9-14(2)15(16)3/h5-7,9-12H,4,8,13H2,1-3H3,(H,20,25). The summed E-state index contributed by atoms with van der Waals surface area (Å²) in [5.74, 6) is 1.11. The van der Waals surface area contributed by atoms with E-state index in [0.29, 0.717) is 5.16 Å². The highest BCUT2D eigenvalue weighted by Crippen LogP contribution is 2.21. The third-order valence-electron chi connectivity index (χ3n) is 4.18. The van der Waals surface area contributed by atoms with Crippen LogP contribution in [0.1, 0.15) is 30.3 Å². The molecule has 1 amide bonds. The van der Waals surface area contributed by atoms with Crippen molar-refractivity contribution in [3.05, 3.63) is 59.7 Å².